The van der Waals surface area contributed by atoms with Crippen LogP contribution in [0.4, 0.5) is 4.39 Å². The smallest absolute Gasteiger partial charge is 0.343 e. The molecule has 1 heterocycles. The van der Waals surface area contributed by atoms with E-state index >= 15 is 0 Å². The first-order valence-electron chi connectivity index (χ1n) is 15.7. The van der Waals surface area contributed by atoms with Crippen LogP contribution in [0.25, 0.3) is 33.1 Å². The van der Waals surface area contributed by atoms with E-state index in [0.29, 0.717) is 44.9 Å². The summed E-state index contributed by atoms with van der Waals surface area (Å²) in [6.07, 6.45) is -0.692. The van der Waals surface area contributed by atoms with Gasteiger partial charge in [0.2, 0.25) is 0 Å². The first kappa shape index (κ1) is 32.5. The summed E-state index contributed by atoms with van der Waals surface area (Å²) in [5.41, 5.74) is 2.21. The van der Waals surface area contributed by atoms with Crippen LogP contribution < -0.4 is 4.74 Å². The highest BCUT2D eigenvalue weighted by atomic mass is 19.1. The average Bonchev–Trinajstić information content (AvgIpc) is 3.47. The molecule has 0 amide bonds. The molecule has 0 unspecified atom stereocenters. The molecule has 0 aliphatic carbocycles. The minimum absolute atomic E-state index is 0.173. The zero-order valence-corrected chi connectivity index (χ0v) is 27.3. The molecule has 48 heavy (non-hydrogen) atoms. The maximum atomic E-state index is 13.8. The number of hydrogen-bond acceptors (Lipinski definition) is 7. The molecule has 5 aromatic carbocycles. The Hall–Kier alpha value is -5.47. The molecule has 0 N–H and O–H groups in total. The minimum Gasteiger partial charge on any atom is -0.462 e. The molecule has 244 valence electrons. The Balaban J connectivity index is 1.33. The molecule has 2 atom stereocenters. The molecule has 1 aromatic heterocycles. The van der Waals surface area contributed by atoms with E-state index in [-0.39, 0.29) is 18.0 Å². The lowest BCUT2D eigenvalue weighted by atomic mass is 9.90. The van der Waals surface area contributed by atoms with Gasteiger partial charge < -0.3 is 23.4 Å². The first-order valence-corrected chi connectivity index (χ1v) is 15.7. The highest BCUT2D eigenvalue weighted by Crippen LogP contribution is 2.39. The summed E-state index contributed by atoms with van der Waals surface area (Å²) in [4.78, 5) is 27.2. The zero-order valence-electron chi connectivity index (χ0n) is 27.3. The lowest BCUT2D eigenvalue weighted by Crippen LogP contribution is -2.37. The van der Waals surface area contributed by atoms with Gasteiger partial charge in [0, 0.05) is 23.6 Å². The van der Waals surface area contributed by atoms with Gasteiger partial charge in [-0.1, -0.05) is 42.5 Å². The molecule has 0 bridgehead atoms. The molecule has 7 nitrogen and oxygen atoms in total. The lowest BCUT2D eigenvalue weighted by molar-refractivity contribution is -0.173. The van der Waals surface area contributed by atoms with Crippen LogP contribution in [0.2, 0.25) is 0 Å². The monoisotopic (exact) mass is 646 g/mol. The number of esters is 2. The van der Waals surface area contributed by atoms with Gasteiger partial charge in [-0.2, -0.15) is 0 Å². The van der Waals surface area contributed by atoms with E-state index in [1.807, 2.05) is 61.5 Å². The van der Waals surface area contributed by atoms with E-state index in [1.165, 1.54) is 19.2 Å². The third kappa shape index (κ3) is 6.14. The Morgan fingerprint density at radius 2 is 1.54 bits per heavy atom. The lowest BCUT2D eigenvalue weighted by Gasteiger charge is -2.29. The van der Waals surface area contributed by atoms with Crippen LogP contribution in [0, 0.1) is 12.7 Å². The fourth-order valence-corrected chi connectivity index (χ4v) is 5.90. The topological polar surface area (TPSA) is 84.2 Å². The van der Waals surface area contributed by atoms with Gasteiger partial charge in [0.15, 0.2) is 5.60 Å². The first-order chi connectivity index (χ1) is 23.1. The van der Waals surface area contributed by atoms with Crippen molar-refractivity contribution in [1.29, 1.82) is 0 Å². The Morgan fingerprint density at radius 3 is 2.23 bits per heavy atom. The number of benzene rings is 5. The van der Waals surface area contributed by atoms with Gasteiger partial charge >= 0.3 is 11.9 Å². The third-order valence-corrected chi connectivity index (χ3v) is 8.55. The van der Waals surface area contributed by atoms with Gasteiger partial charge in [-0.25, -0.2) is 14.0 Å². The second-order valence-corrected chi connectivity index (χ2v) is 11.6. The van der Waals surface area contributed by atoms with E-state index in [0.717, 1.165) is 16.3 Å². The zero-order chi connectivity index (χ0) is 34.0. The van der Waals surface area contributed by atoms with Crippen LogP contribution >= 0.6 is 0 Å². The summed E-state index contributed by atoms with van der Waals surface area (Å²) < 4.78 is 42.8. The Kier molecular flexibility index (Phi) is 9.02. The van der Waals surface area contributed by atoms with Gasteiger partial charge in [0.25, 0.3) is 0 Å². The van der Waals surface area contributed by atoms with Crippen molar-refractivity contribution in [1.82, 2.24) is 0 Å². The predicted molar refractivity (Wildman–Crippen MR) is 182 cm³/mol. The van der Waals surface area contributed by atoms with Crippen molar-refractivity contribution in [3.8, 4) is 22.8 Å². The molecular weight excluding hydrogens is 611 g/mol. The number of halogens is 1. The van der Waals surface area contributed by atoms with Crippen LogP contribution in [-0.4, -0.2) is 25.7 Å². The highest BCUT2D eigenvalue weighted by molar-refractivity contribution is 6.09. The molecular formula is C40H35FO7. The normalized spacial score (nSPS) is 13.2. The largest absolute Gasteiger partial charge is 0.462 e. The maximum absolute atomic E-state index is 13.8. The van der Waals surface area contributed by atoms with Crippen LogP contribution in [0.1, 0.15) is 53.9 Å². The second-order valence-electron chi connectivity index (χ2n) is 11.6. The number of carbonyl (C=O) groups excluding carboxylic acids is 2. The summed E-state index contributed by atoms with van der Waals surface area (Å²) in [6.45, 7) is 7.30. The van der Waals surface area contributed by atoms with Crippen molar-refractivity contribution < 1.29 is 37.3 Å². The Labute approximate surface area is 277 Å². The van der Waals surface area contributed by atoms with Gasteiger partial charge in [0.1, 0.15) is 40.3 Å². The van der Waals surface area contributed by atoms with Crippen LogP contribution in [0.5, 0.6) is 11.5 Å². The molecule has 0 saturated heterocycles. The number of methoxy groups -OCH3 is 1. The standard InChI is InChI=1S/C40H35FO7/c1-6-45-38(42)36-33-23-32(25(3)46-39(43)40(4,44-5)34-13-9-11-26-10-7-8-12-31(26)34)24(2)22-35(33)48-37(36)27-14-18-29(19-15-27)47-30-20-16-28(41)17-21-30/h7-23,25H,6H2,1-5H3/t25-,40+/m1/s1. The van der Waals surface area contributed by atoms with Crippen molar-refractivity contribution in [2.75, 3.05) is 13.7 Å². The molecule has 8 heteroatoms. The summed E-state index contributed by atoms with van der Waals surface area (Å²) in [6, 6.07) is 29.9. The predicted octanol–water partition coefficient (Wildman–Crippen LogP) is 9.84. The fourth-order valence-electron chi connectivity index (χ4n) is 5.90. The molecule has 0 saturated carbocycles. The van der Waals surface area contributed by atoms with Gasteiger partial charge in [-0.05, 0) is 110 Å². The average molecular weight is 647 g/mol. The maximum Gasteiger partial charge on any atom is 0.343 e. The molecule has 6 rings (SSSR count). The molecule has 0 aliphatic heterocycles. The van der Waals surface area contributed by atoms with E-state index in [4.69, 9.17) is 23.4 Å². The number of carbonyl (C=O) groups is 2. The van der Waals surface area contributed by atoms with Crippen LogP contribution in [-0.2, 0) is 24.6 Å². The van der Waals surface area contributed by atoms with E-state index in [2.05, 4.69) is 0 Å². The van der Waals surface area contributed by atoms with Crippen LogP contribution in [0.3, 0.4) is 0 Å². The van der Waals surface area contributed by atoms with Crippen molar-refractivity contribution in [3.63, 3.8) is 0 Å². The van der Waals surface area contributed by atoms with Crippen molar-refractivity contribution in [2.45, 2.75) is 39.4 Å². The van der Waals surface area contributed by atoms with Gasteiger partial charge in [-0.3, -0.25) is 0 Å². The quantitative estimate of drug-likeness (QED) is 0.137. The minimum atomic E-state index is -1.38. The number of hydrogen-bond donors (Lipinski definition) is 0. The summed E-state index contributed by atoms with van der Waals surface area (Å²) in [5, 5.41) is 2.41. The summed E-state index contributed by atoms with van der Waals surface area (Å²) in [7, 11) is 1.49. The Morgan fingerprint density at radius 1 is 0.875 bits per heavy atom. The van der Waals surface area contributed by atoms with Gasteiger partial charge in [0.05, 0.1) is 6.61 Å². The molecule has 6 aromatic rings. The number of rotatable bonds is 10. The fraction of sp³-hybridized carbons (Fsp3) is 0.200. The second kappa shape index (κ2) is 13.3. The van der Waals surface area contributed by atoms with Crippen molar-refractivity contribution >= 4 is 33.7 Å². The molecule has 0 aliphatic rings. The third-order valence-electron chi connectivity index (χ3n) is 8.55. The SMILES string of the molecule is CCOC(=O)c1c(-c2ccc(Oc3ccc(F)cc3)cc2)oc2cc(C)c([C@@H](C)OC(=O)[C@@](C)(OC)c3cccc4ccccc34)cc12. The van der Waals surface area contributed by atoms with Gasteiger partial charge in [-0.15, -0.1) is 0 Å². The van der Waals surface area contributed by atoms with Crippen molar-refractivity contribution in [3.05, 3.63) is 131 Å². The van der Waals surface area contributed by atoms with Crippen molar-refractivity contribution in [2.24, 2.45) is 0 Å². The Bertz CT molecular complexity index is 2110. The number of aryl methyl sites for hydroxylation is 1. The summed E-state index contributed by atoms with van der Waals surface area (Å²) in [5.74, 6) is -0.0920. The summed E-state index contributed by atoms with van der Waals surface area (Å²) >= 11 is 0. The van der Waals surface area contributed by atoms with E-state index < -0.39 is 23.6 Å². The number of ether oxygens (including phenoxy) is 4. The highest BCUT2D eigenvalue weighted by Gasteiger charge is 2.39. The molecule has 0 spiro atoms. The van der Waals surface area contributed by atoms with Crippen LogP contribution in [0.15, 0.2) is 108 Å². The van der Waals surface area contributed by atoms with E-state index in [9.17, 15) is 14.0 Å². The number of furan rings is 1. The number of fused-ring (bicyclic) bond motifs is 2. The molecule has 0 fully saturated rings. The molecule has 0 radical (unpaired) electrons. The van der Waals surface area contributed by atoms with E-state index in [1.54, 1.807) is 57.2 Å².